The number of hydrogen-bond donors (Lipinski definition) is 0. The third kappa shape index (κ3) is 4.43. The van der Waals surface area contributed by atoms with Crippen LogP contribution in [-0.2, 0) is 0 Å². The summed E-state index contributed by atoms with van der Waals surface area (Å²) in [4.78, 5) is 24.9. The van der Waals surface area contributed by atoms with Crippen molar-refractivity contribution in [3.63, 3.8) is 0 Å². The second-order valence-corrected chi connectivity index (χ2v) is 6.58. The van der Waals surface area contributed by atoms with Gasteiger partial charge in [0.15, 0.2) is 11.5 Å². The molecular formula is C23H16ClNO5. The number of allylic oxidation sites excluding steroid dienone is 1. The Kier molecular flexibility index (Phi) is 6.35. The van der Waals surface area contributed by atoms with E-state index in [2.05, 4.69) is 0 Å². The quantitative estimate of drug-likeness (QED) is 0.177. The van der Waals surface area contributed by atoms with Gasteiger partial charge < -0.3 is 13.9 Å². The second-order valence-electron chi connectivity index (χ2n) is 6.17. The van der Waals surface area contributed by atoms with Crippen LogP contribution in [0.25, 0.3) is 6.08 Å². The third-order valence-corrected chi connectivity index (χ3v) is 4.59. The molecule has 7 heteroatoms. The van der Waals surface area contributed by atoms with Crippen LogP contribution in [0.3, 0.4) is 0 Å². The van der Waals surface area contributed by atoms with Gasteiger partial charge in [0.2, 0.25) is 5.78 Å². The Hall–Kier alpha value is -3.82. The van der Waals surface area contributed by atoms with Crippen molar-refractivity contribution in [2.24, 2.45) is 0 Å². The molecule has 6 nitrogen and oxygen atoms in total. The van der Waals surface area contributed by atoms with E-state index in [0.717, 1.165) is 0 Å². The Morgan fingerprint density at radius 3 is 2.50 bits per heavy atom. The molecule has 0 aliphatic heterocycles. The van der Waals surface area contributed by atoms with Crippen LogP contribution in [-0.4, -0.2) is 18.9 Å². The minimum atomic E-state index is -0.634. The molecule has 0 aliphatic rings. The average Bonchev–Trinajstić information content (AvgIpc) is 3.18. The number of methoxy groups -OCH3 is 1. The number of aryl methyl sites for hydroxylation is 1. The normalized spacial score (nSPS) is 10.9. The maximum absolute atomic E-state index is 12.6. The maximum atomic E-state index is 12.6. The first-order chi connectivity index (χ1) is 14.4. The number of carbonyl (C=O) groups is 2. The highest BCUT2D eigenvalue weighted by atomic mass is 35.5. The van der Waals surface area contributed by atoms with Crippen LogP contribution < -0.4 is 9.47 Å². The number of carbonyl (C=O) groups excluding carboxylic acids is 2. The van der Waals surface area contributed by atoms with Crippen LogP contribution in [0.1, 0.15) is 32.0 Å². The standard InChI is InChI=1S/C23H16ClNO5/c1-14-17(9-10-29-14)22(26)16(13-25)11-15-7-8-20(21(12-15)28-2)30-23(27)18-5-3-4-6-19(18)24/h3-12H,1-2H3. The number of rotatable bonds is 6. The summed E-state index contributed by atoms with van der Waals surface area (Å²) in [5.74, 6) is -0.216. The van der Waals surface area contributed by atoms with Gasteiger partial charge in [-0.1, -0.05) is 29.8 Å². The van der Waals surface area contributed by atoms with Crippen molar-refractivity contribution < 1.29 is 23.5 Å². The van der Waals surface area contributed by atoms with Crippen LogP contribution in [0.5, 0.6) is 11.5 Å². The lowest BCUT2D eigenvalue weighted by atomic mass is 10.0. The number of benzene rings is 2. The number of hydrogen-bond acceptors (Lipinski definition) is 6. The minimum Gasteiger partial charge on any atom is -0.493 e. The zero-order chi connectivity index (χ0) is 21.7. The molecule has 0 N–H and O–H groups in total. The number of nitrogens with zero attached hydrogens (tertiary/aromatic N) is 1. The summed E-state index contributed by atoms with van der Waals surface area (Å²) in [6.45, 7) is 1.65. The smallest absolute Gasteiger partial charge is 0.345 e. The molecule has 0 saturated carbocycles. The molecule has 0 bridgehead atoms. The van der Waals surface area contributed by atoms with Crippen molar-refractivity contribution in [3.8, 4) is 17.6 Å². The van der Waals surface area contributed by atoms with Crippen molar-refractivity contribution in [1.82, 2.24) is 0 Å². The van der Waals surface area contributed by atoms with Crippen molar-refractivity contribution in [2.45, 2.75) is 6.92 Å². The molecular weight excluding hydrogens is 406 g/mol. The van der Waals surface area contributed by atoms with E-state index >= 15 is 0 Å². The number of nitriles is 1. The molecule has 150 valence electrons. The monoisotopic (exact) mass is 421 g/mol. The Bertz CT molecular complexity index is 1190. The van der Waals surface area contributed by atoms with Crippen LogP contribution in [0, 0.1) is 18.3 Å². The zero-order valence-corrected chi connectivity index (χ0v) is 16.9. The van der Waals surface area contributed by atoms with Gasteiger partial charge in [-0.2, -0.15) is 5.26 Å². The first kappa shape index (κ1) is 20.9. The molecule has 3 aromatic rings. The van der Waals surface area contributed by atoms with Gasteiger partial charge in [-0.25, -0.2) is 4.79 Å². The van der Waals surface area contributed by atoms with E-state index in [1.807, 2.05) is 6.07 Å². The molecule has 3 rings (SSSR count). The highest BCUT2D eigenvalue weighted by Gasteiger charge is 2.18. The molecule has 30 heavy (non-hydrogen) atoms. The average molecular weight is 422 g/mol. The number of halogens is 1. The van der Waals surface area contributed by atoms with Crippen molar-refractivity contribution in [3.05, 3.63) is 87.8 Å². The molecule has 0 atom stereocenters. The molecule has 0 fully saturated rings. The van der Waals surface area contributed by atoms with Gasteiger partial charge in [0, 0.05) is 0 Å². The summed E-state index contributed by atoms with van der Waals surface area (Å²) >= 11 is 6.03. The topological polar surface area (TPSA) is 89.5 Å². The highest BCUT2D eigenvalue weighted by molar-refractivity contribution is 6.33. The Balaban J connectivity index is 1.88. The van der Waals surface area contributed by atoms with Crippen molar-refractivity contribution in [2.75, 3.05) is 7.11 Å². The third-order valence-electron chi connectivity index (χ3n) is 4.26. The van der Waals surface area contributed by atoms with Gasteiger partial charge in [-0.3, -0.25) is 4.79 Å². The maximum Gasteiger partial charge on any atom is 0.345 e. The van der Waals surface area contributed by atoms with Gasteiger partial charge in [-0.15, -0.1) is 0 Å². The van der Waals surface area contributed by atoms with E-state index in [-0.39, 0.29) is 27.7 Å². The fraction of sp³-hybridized carbons (Fsp3) is 0.0870. The molecule has 1 aromatic heterocycles. The fourth-order valence-electron chi connectivity index (χ4n) is 2.72. The minimum absolute atomic E-state index is 0.0673. The molecule has 0 amide bonds. The Morgan fingerprint density at radius 1 is 1.10 bits per heavy atom. The fourth-order valence-corrected chi connectivity index (χ4v) is 2.93. The number of esters is 1. The molecule has 0 saturated heterocycles. The molecule has 2 aromatic carbocycles. The number of furan rings is 1. The largest absolute Gasteiger partial charge is 0.493 e. The SMILES string of the molecule is COc1cc(C=C(C#N)C(=O)c2ccoc2C)ccc1OC(=O)c1ccccc1Cl. The van der Waals surface area contributed by atoms with Gasteiger partial charge in [0.05, 0.1) is 29.5 Å². The van der Waals surface area contributed by atoms with Gasteiger partial charge in [0.1, 0.15) is 17.4 Å². The van der Waals surface area contributed by atoms with Crippen molar-refractivity contribution >= 4 is 29.4 Å². The lowest BCUT2D eigenvalue weighted by Crippen LogP contribution is -2.10. The Morgan fingerprint density at radius 2 is 1.87 bits per heavy atom. The van der Waals surface area contributed by atoms with E-state index in [1.165, 1.54) is 31.6 Å². The van der Waals surface area contributed by atoms with E-state index in [0.29, 0.717) is 16.9 Å². The summed E-state index contributed by atoms with van der Waals surface area (Å²) in [6.07, 6.45) is 2.82. The lowest BCUT2D eigenvalue weighted by Gasteiger charge is -2.11. The Labute approximate surface area is 177 Å². The van der Waals surface area contributed by atoms with Crippen molar-refractivity contribution in [1.29, 1.82) is 5.26 Å². The molecule has 0 unspecified atom stereocenters. The predicted molar refractivity (Wildman–Crippen MR) is 111 cm³/mol. The van der Waals surface area contributed by atoms with E-state index < -0.39 is 11.8 Å². The molecule has 0 spiro atoms. The molecule has 1 heterocycles. The van der Waals surface area contributed by atoms with Crippen LogP contribution in [0.15, 0.2) is 64.8 Å². The molecule has 0 aliphatic carbocycles. The van der Waals surface area contributed by atoms with Crippen LogP contribution in [0.4, 0.5) is 0 Å². The summed E-state index contributed by atoms with van der Waals surface area (Å²) in [6, 6.07) is 14.6. The highest BCUT2D eigenvalue weighted by Crippen LogP contribution is 2.30. The van der Waals surface area contributed by atoms with E-state index in [9.17, 15) is 14.9 Å². The predicted octanol–water partition coefficient (Wildman–Crippen LogP) is 5.26. The summed E-state index contributed by atoms with van der Waals surface area (Å²) in [5.41, 5.74) is 0.996. The summed E-state index contributed by atoms with van der Waals surface area (Å²) < 4.78 is 15.8. The van der Waals surface area contributed by atoms with Gasteiger partial charge in [-0.05, 0) is 48.9 Å². The van der Waals surface area contributed by atoms with E-state index in [1.54, 1.807) is 43.3 Å². The van der Waals surface area contributed by atoms with Gasteiger partial charge >= 0.3 is 5.97 Å². The number of Topliss-reactive ketones (excluding diaryl/α,β-unsaturated/α-hetero) is 1. The second kappa shape index (κ2) is 9.12. The van der Waals surface area contributed by atoms with Gasteiger partial charge in [0.25, 0.3) is 0 Å². The van der Waals surface area contributed by atoms with E-state index in [4.69, 9.17) is 25.5 Å². The lowest BCUT2D eigenvalue weighted by molar-refractivity contribution is 0.0729. The number of ether oxygens (including phenoxy) is 2. The first-order valence-corrected chi connectivity index (χ1v) is 9.17. The summed E-state index contributed by atoms with van der Waals surface area (Å²) in [5, 5.41) is 9.69. The zero-order valence-electron chi connectivity index (χ0n) is 16.1. The number of ketones is 1. The molecule has 0 radical (unpaired) electrons. The summed E-state index contributed by atoms with van der Waals surface area (Å²) in [7, 11) is 1.42. The first-order valence-electron chi connectivity index (χ1n) is 8.80. The van der Waals surface area contributed by atoms with Crippen LogP contribution >= 0.6 is 11.6 Å². The van der Waals surface area contributed by atoms with Crippen LogP contribution in [0.2, 0.25) is 5.02 Å².